The number of aryl methyl sites for hydroxylation is 1. The third-order valence-electron chi connectivity index (χ3n) is 3.23. The van der Waals surface area contributed by atoms with Crippen LogP contribution in [0.25, 0.3) is 11.4 Å². The molecule has 0 aliphatic carbocycles. The van der Waals surface area contributed by atoms with Crippen molar-refractivity contribution in [3.8, 4) is 11.4 Å². The Morgan fingerprint density at radius 2 is 1.70 bits per heavy atom. The van der Waals surface area contributed by atoms with E-state index in [2.05, 4.69) is 10.1 Å². The first-order valence-electron chi connectivity index (χ1n) is 6.52. The van der Waals surface area contributed by atoms with Crippen LogP contribution in [-0.2, 0) is 13.5 Å². The number of hydrogen-bond acceptors (Lipinski definition) is 3. The van der Waals surface area contributed by atoms with Crippen LogP contribution in [0, 0.1) is 0 Å². The van der Waals surface area contributed by atoms with E-state index in [-0.39, 0.29) is 0 Å². The number of anilines is 1. The summed E-state index contributed by atoms with van der Waals surface area (Å²) in [5.74, 6) is 1.70. The third-order valence-corrected chi connectivity index (χ3v) is 3.23. The number of benzene rings is 2. The van der Waals surface area contributed by atoms with Gasteiger partial charge in [-0.2, -0.15) is 5.10 Å². The van der Waals surface area contributed by atoms with E-state index in [0.29, 0.717) is 0 Å². The summed E-state index contributed by atoms with van der Waals surface area (Å²) < 4.78 is 1.83. The first-order chi connectivity index (χ1) is 9.72. The zero-order valence-electron chi connectivity index (χ0n) is 11.3. The molecule has 20 heavy (non-hydrogen) atoms. The molecule has 0 saturated heterocycles. The maximum atomic E-state index is 5.70. The molecular weight excluding hydrogens is 248 g/mol. The van der Waals surface area contributed by atoms with Crippen molar-refractivity contribution >= 4 is 5.69 Å². The van der Waals surface area contributed by atoms with E-state index in [0.717, 1.165) is 29.3 Å². The molecule has 0 aliphatic heterocycles. The molecule has 1 heterocycles. The van der Waals surface area contributed by atoms with Crippen LogP contribution in [0.5, 0.6) is 0 Å². The minimum absolute atomic E-state index is 0.747. The summed E-state index contributed by atoms with van der Waals surface area (Å²) in [5, 5.41) is 4.48. The van der Waals surface area contributed by atoms with Gasteiger partial charge in [-0.15, -0.1) is 0 Å². The number of hydrogen-bond donors (Lipinski definition) is 1. The van der Waals surface area contributed by atoms with E-state index in [1.807, 2.05) is 66.3 Å². The second kappa shape index (κ2) is 5.17. The van der Waals surface area contributed by atoms with Crippen molar-refractivity contribution in [2.24, 2.45) is 7.05 Å². The van der Waals surface area contributed by atoms with E-state index >= 15 is 0 Å². The molecular formula is C16H16N4. The first-order valence-corrected chi connectivity index (χ1v) is 6.52. The van der Waals surface area contributed by atoms with Gasteiger partial charge in [0.1, 0.15) is 5.82 Å². The van der Waals surface area contributed by atoms with Gasteiger partial charge in [0.05, 0.1) is 0 Å². The van der Waals surface area contributed by atoms with E-state index < -0.39 is 0 Å². The van der Waals surface area contributed by atoms with Crippen LogP contribution in [0.2, 0.25) is 0 Å². The zero-order valence-corrected chi connectivity index (χ0v) is 11.3. The van der Waals surface area contributed by atoms with Crippen molar-refractivity contribution in [3.63, 3.8) is 0 Å². The van der Waals surface area contributed by atoms with Crippen molar-refractivity contribution in [1.82, 2.24) is 14.8 Å². The van der Waals surface area contributed by atoms with E-state index in [4.69, 9.17) is 5.73 Å². The summed E-state index contributed by atoms with van der Waals surface area (Å²) in [4.78, 5) is 4.62. The topological polar surface area (TPSA) is 56.7 Å². The lowest BCUT2D eigenvalue weighted by atomic mass is 10.1. The zero-order chi connectivity index (χ0) is 13.9. The Labute approximate surface area is 117 Å². The fourth-order valence-corrected chi connectivity index (χ4v) is 2.10. The standard InChI is InChI=1S/C16H16N4/c1-20-15(11-12-7-9-14(17)10-8-12)18-16(19-20)13-5-3-2-4-6-13/h2-10H,11,17H2,1H3. The number of rotatable bonds is 3. The van der Waals surface area contributed by atoms with Gasteiger partial charge < -0.3 is 5.73 Å². The fourth-order valence-electron chi connectivity index (χ4n) is 2.10. The molecule has 0 atom stereocenters. The van der Waals surface area contributed by atoms with Gasteiger partial charge in [0, 0.05) is 24.7 Å². The highest BCUT2D eigenvalue weighted by atomic mass is 15.3. The molecule has 0 aliphatic rings. The molecule has 100 valence electrons. The molecule has 1 aromatic heterocycles. The first kappa shape index (κ1) is 12.4. The molecule has 2 N–H and O–H groups in total. The van der Waals surface area contributed by atoms with Crippen LogP contribution in [0.1, 0.15) is 11.4 Å². The molecule has 0 spiro atoms. The molecule has 4 heteroatoms. The van der Waals surface area contributed by atoms with Gasteiger partial charge in [-0.1, -0.05) is 42.5 Å². The molecule has 0 unspecified atom stereocenters. The highest BCUT2D eigenvalue weighted by Crippen LogP contribution is 2.16. The Balaban J connectivity index is 1.88. The molecule has 0 saturated carbocycles. The number of nitrogen functional groups attached to an aromatic ring is 1. The molecule has 2 aromatic carbocycles. The third kappa shape index (κ3) is 2.54. The van der Waals surface area contributed by atoms with Crippen LogP contribution in [0.4, 0.5) is 5.69 Å². The molecule has 4 nitrogen and oxygen atoms in total. The minimum atomic E-state index is 0.747. The average Bonchev–Trinajstić information content (AvgIpc) is 2.84. The quantitative estimate of drug-likeness (QED) is 0.740. The van der Waals surface area contributed by atoms with Gasteiger partial charge in [-0.3, -0.25) is 4.68 Å². The van der Waals surface area contributed by atoms with E-state index in [9.17, 15) is 0 Å². The molecule has 0 fully saturated rings. The Morgan fingerprint density at radius 1 is 1.00 bits per heavy atom. The fraction of sp³-hybridized carbons (Fsp3) is 0.125. The largest absolute Gasteiger partial charge is 0.399 e. The van der Waals surface area contributed by atoms with Crippen LogP contribution in [0.3, 0.4) is 0 Å². The summed E-state index contributed by atoms with van der Waals surface area (Å²) in [5.41, 5.74) is 8.68. The van der Waals surface area contributed by atoms with Crippen LogP contribution < -0.4 is 5.73 Å². The lowest BCUT2D eigenvalue weighted by Gasteiger charge is -2.01. The average molecular weight is 264 g/mol. The van der Waals surface area contributed by atoms with Gasteiger partial charge in [0.25, 0.3) is 0 Å². The molecule has 3 rings (SSSR count). The second-order valence-corrected chi connectivity index (χ2v) is 4.76. The molecule has 3 aromatic rings. The normalized spacial score (nSPS) is 10.7. The van der Waals surface area contributed by atoms with Gasteiger partial charge in [-0.05, 0) is 17.7 Å². The Hall–Kier alpha value is -2.62. The van der Waals surface area contributed by atoms with Crippen LogP contribution in [0.15, 0.2) is 54.6 Å². The van der Waals surface area contributed by atoms with Crippen LogP contribution in [-0.4, -0.2) is 14.8 Å². The lowest BCUT2D eigenvalue weighted by Crippen LogP contribution is -2.00. The van der Waals surface area contributed by atoms with Crippen molar-refractivity contribution in [1.29, 1.82) is 0 Å². The molecule has 0 bridgehead atoms. The Kier molecular flexibility index (Phi) is 3.21. The maximum Gasteiger partial charge on any atom is 0.181 e. The predicted octanol–water partition coefficient (Wildman–Crippen LogP) is 2.66. The summed E-state index contributed by atoms with van der Waals surface area (Å²) in [6.07, 6.45) is 0.747. The van der Waals surface area contributed by atoms with E-state index in [1.165, 1.54) is 5.56 Å². The lowest BCUT2D eigenvalue weighted by molar-refractivity contribution is 0.717. The van der Waals surface area contributed by atoms with Crippen molar-refractivity contribution in [2.45, 2.75) is 6.42 Å². The SMILES string of the molecule is Cn1nc(-c2ccccc2)nc1Cc1ccc(N)cc1. The number of nitrogens with two attached hydrogens (primary N) is 1. The van der Waals surface area contributed by atoms with Gasteiger partial charge in [0.2, 0.25) is 0 Å². The van der Waals surface area contributed by atoms with Crippen molar-refractivity contribution < 1.29 is 0 Å². The van der Waals surface area contributed by atoms with Crippen molar-refractivity contribution in [2.75, 3.05) is 5.73 Å². The predicted molar refractivity (Wildman–Crippen MR) is 80.1 cm³/mol. The van der Waals surface area contributed by atoms with E-state index in [1.54, 1.807) is 0 Å². The Bertz CT molecular complexity index is 699. The highest BCUT2D eigenvalue weighted by molar-refractivity contribution is 5.54. The van der Waals surface area contributed by atoms with Crippen LogP contribution >= 0.6 is 0 Å². The highest BCUT2D eigenvalue weighted by Gasteiger charge is 2.09. The summed E-state index contributed by atoms with van der Waals surface area (Å²) in [7, 11) is 1.92. The Morgan fingerprint density at radius 3 is 2.40 bits per heavy atom. The van der Waals surface area contributed by atoms with Gasteiger partial charge in [-0.25, -0.2) is 4.98 Å². The number of aromatic nitrogens is 3. The second-order valence-electron chi connectivity index (χ2n) is 4.76. The maximum absolute atomic E-state index is 5.70. The smallest absolute Gasteiger partial charge is 0.181 e. The summed E-state index contributed by atoms with van der Waals surface area (Å²) in [6.45, 7) is 0. The van der Waals surface area contributed by atoms with Gasteiger partial charge >= 0.3 is 0 Å². The molecule has 0 radical (unpaired) electrons. The monoisotopic (exact) mass is 264 g/mol. The summed E-state index contributed by atoms with van der Waals surface area (Å²) >= 11 is 0. The minimum Gasteiger partial charge on any atom is -0.399 e. The number of nitrogens with zero attached hydrogens (tertiary/aromatic N) is 3. The van der Waals surface area contributed by atoms with Gasteiger partial charge in [0.15, 0.2) is 5.82 Å². The summed E-state index contributed by atoms with van der Waals surface area (Å²) in [6, 6.07) is 17.9. The van der Waals surface area contributed by atoms with Crippen molar-refractivity contribution in [3.05, 3.63) is 66.0 Å². The molecule has 0 amide bonds.